The number of H-pyrrole nitrogens is 1. The molecule has 1 N–H and O–H groups in total. The average Bonchev–Trinajstić information content (AvgIpc) is 2.74. The van der Waals surface area contributed by atoms with Crippen LogP contribution in [-0.2, 0) is 0 Å². The first-order valence-electron chi connectivity index (χ1n) is 5.23. The summed E-state index contributed by atoms with van der Waals surface area (Å²) in [4.78, 5) is 22.5. The van der Waals surface area contributed by atoms with Gasteiger partial charge in [-0.2, -0.15) is 0 Å². The van der Waals surface area contributed by atoms with E-state index >= 15 is 0 Å². The molecule has 84 valence electrons. The van der Waals surface area contributed by atoms with Crippen molar-refractivity contribution < 1.29 is 0 Å². The Morgan fingerprint density at radius 1 is 1.24 bits per heavy atom. The van der Waals surface area contributed by atoms with E-state index < -0.39 is 0 Å². The predicted octanol–water partition coefficient (Wildman–Crippen LogP) is 1.42. The number of rotatable bonds is 1. The molecule has 0 aromatic carbocycles. The maximum Gasteiger partial charge on any atom is 0.248 e. The van der Waals surface area contributed by atoms with E-state index in [1.165, 1.54) is 6.07 Å². The molecule has 0 aliphatic carbocycles. The van der Waals surface area contributed by atoms with Crippen LogP contribution in [0.4, 0.5) is 0 Å². The molecule has 0 aliphatic heterocycles. The first-order chi connectivity index (χ1) is 8.24. The van der Waals surface area contributed by atoms with Gasteiger partial charge in [-0.15, -0.1) is 0 Å². The Morgan fingerprint density at radius 2 is 2.12 bits per heavy atom. The highest BCUT2D eigenvalue weighted by Gasteiger charge is 2.05. The predicted molar refractivity (Wildman–Crippen MR) is 64.2 cm³/mol. The highest BCUT2D eigenvalue weighted by molar-refractivity contribution is 5.84. The monoisotopic (exact) mass is 226 g/mol. The van der Waals surface area contributed by atoms with E-state index in [1.807, 2.05) is 17.7 Å². The van der Waals surface area contributed by atoms with Crippen molar-refractivity contribution in [1.29, 1.82) is 0 Å². The molecule has 3 heterocycles. The van der Waals surface area contributed by atoms with Crippen LogP contribution in [0.15, 0.2) is 41.7 Å². The first-order valence-corrected chi connectivity index (χ1v) is 5.23. The second kappa shape index (κ2) is 3.55. The second-order valence-corrected chi connectivity index (χ2v) is 3.84. The molecule has 3 rings (SSSR count). The Bertz CT molecular complexity index is 741. The van der Waals surface area contributed by atoms with Gasteiger partial charge in [0, 0.05) is 23.8 Å². The molecule has 17 heavy (non-hydrogen) atoms. The van der Waals surface area contributed by atoms with Crippen molar-refractivity contribution in [2.45, 2.75) is 6.92 Å². The summed E-state index contributed by atoms with van der Waals surface area (Å²) >= 11 is 0. The number of hydrogen-bond acceptors (Lipinski definition) is 3. The molecule has 0 radical (unpaired) electrons. The van der Waals surface area contributed by atoms with Gasteiger partial charge in [-0.05, 0) is 19.1 Å². The smallest absolute Gasteiger partial charge is 0.248 e. The fraction of sp³-hybridized carbons (Fsp3) is 0.0833. The van der Waals surface area contributed by atoms with Gasteiger partial charge in [0.2, 0.25) is 5.56 Å². The fourth-order valence-electron chi connectivity index (χ4n) is 1.81. The van der Waals surface area contributed by atoms with Crippen LogP contribution in [-0.4, -0.2) is 19.5 Å². The zero-order valence-electron chi connectivity index (χ0n) is 9.21. The largest absolute Gasteiger partial charge is 0.322 e. The molecular weight excluding hydrogens is 216 g/mol. The van der Waals surface area contributed by atoms with E-state index in [1.54, 1.807) is 24.7 Å². The number of aryl methyl sites for hydroxylation is 1. The Morgan fingerprint density at radius 3 is 2.88 bits per heavy atom. The Kier molecular flexibility index (Phi) is 2.04. The van der Waals surface area contributed by atoms with Crippen LogP contribution in [0.2, 0.25) is 0 Å². The lowest BCUT2D eigenvalue weighted by atomic mass is 10.2. The Hall–Kier alpha value is -2.43. The molecule has 3 aromatic heterocycles. The van der Waals surface area contributed by atoms with E-state index in [4.69, 9.17) is 0 Å². The van der Waals surface area contributed by atoms with Crippen molar-refractivity contribution in [2.24, 2.45) is 0 Å². The minimum atomic E-state index is -0.114. The molecule has 0 fully saturated rings. The van der Waals surface area contributed by atoms with Gasteiger partial charge in [-0.25, -0.2) is 9.97 Å². The molecule has 0 unspecified atom stereocenters. The van der Waals surface area contributed by atoms with E-state index in [2.05, 4.69) is 15.0 Å². The molecule has 0 amide bonds. The van der Waals surface area contributed by atoms with Gasteiger partial charge in [0.15, 0.2) is 0 Å². The summed E-state index contributed by atoms with van der Waals surface area (Å²) in [7, 11) is 0. The van der Waals surface area contributed by atoms with E-state index in [0.717, 1.165) is 22.4 Å². The van der Waals surface area contributed by atoms with Gasteiger partial charge in [0.1, 0.15) is 12.1 Å². The molecular formula is C12H10N4O. The summed E-state index contributed by atoms with van der Waals surface area (Å²) < 4.78 is 1.84. The zero-order chi connectivity index (χ0) is 11.8. The third kappa shape index (κ3) is 1.61. The van der Waals surface area contributed by atoms with E-state index in [9.17, 15) is 4.79 Å². The summed E-state index contributed by atoms with van der Waals surface area (Å²) in [6.07, 6.45) is 5.28. The number of imidazole rings is 1. The van der Waals surface area contributed by atoms with Gasteiger partial charge < -0.3 is 4.98 Å². The topological polar surface area (TPSA) is 63.6 Å². The third-order valence-corrected chi connectivity index (χ3v) is 2.58. The zero-order valence-corrected chi connectivity index (χ0v) is 9.21. The number of nitrogens with one attached hydrogen (secondary N) is 1. The van der Waals surface area contributed by atoms with Crippen molar-refractivity contribution in [3.8, 4) is 5.82 Å². The lowest BCUT2D eigenvalue weighted by Crippen LogP contribution is -2.04. The average molecular weight is 226 g/mol. The second-order valence-electron chi connectivity index (χ2n) is 3.84. The quantitative estimate of drug-likeness (QED) is 0.682. The first kappa shape index (κ1) is 9.77. The molecule has 5 nitrogen and oxygen atoms in total. The Balaban J connectivity index is 2.33. The van der Waals surface area contributed by atoms with Crippen LogP contribution >= 0.6 is 0 Å². The number of aromatic nitrogens is 4. The molecule has 0 bridgehead atoms. The van der Waals surface area contributed by atoms with E-state index in [-0.39, 0.29) is 5.56 Å². The number of fused-ring (bicyclic) bond motifs is 1. The fourth-order valence-corrected chi connectivity index (χ4v) is 1.81. The summed E-state index contributed by atoms with van der Waals surface area (Å²) in [6, 6.07) is 5.05. The van der Waals surface area contributed by atoms with Gasteiger partial charge in [0.05, 0.1) is 11.2 Å². The van der Waals surface area contributed by atoms with Gasteiger partial charge in [-0.1, -0.05) is 0 Å². The van der Waals surface area contributed by atoms with Crippen molar-refractivity contribution in [3.05, 3.63) is 53.0 Å². The van der Waals surface area contributed by atoms with Crippen LogP contribution in [0.25, 0.3) is 16.7 Å². The third-order valence-electron chi connectivity index (χ3n) is 2.58. The highest BCUT2D eigenvalue weighted by Crippen LogP contribution is 2.16. The number of pyridine rings is 2. The molecule has 0 saturated carbocycles. The SMILES string of the molecule is Cc1cn(-c2nccc3[nH]c(=O)ccc23)cn1. The molecule has 3 aromatic rings. The number of hydrogen-bond donors (Lipinski definition) is 1. The minimum absolute atomic E-state index is 0.114. The molecule has 0 spiro atoms. The van der Waals surface area contributed by atoms with Crippen molar-refractivity contribution in [1.82, 2.24) is 19.5 Å². The van der Waals surface area contributed by atoms with Crippen LogP contribution in [0.1, 0.15) is 5.69 Å². The van der Waals surface area contributed by atoms with Gasteiger partial charge >= 0.3 is 0 Å². The van der Waals surface area contributed by atoms with Crippen molar-refractivity contribution in [2.75, 3.05) is 0 Å². The maximum absolute atomic E-state index is 11.2. The lowest BCUT2D eigenvalue weighted by molar-refractivity contribution is 1.01. The van der Waals surface area contributed by atoms with Crippen molar-refractivity contribution in [3.63, 3.8) is 0 Å². The summed E-state index contributed by atoms with van der Waals surface area (Å²) in [5.41, 5.74) is 1.58. The van der Waals surface area contributed by atoms with Crippen molar-refractivity contribution >= 4 is 10.9 Å². The molecule has 5 heteroatoms. The highest BCUT2D eigenvalue weighted by atomic mass is 16.1. The number of nitrogens with zero attached hydrogens (tertiary/aromatic N) is 3. The summed E-state index contributed by atoms with van der Waals surface area (Å²) in [5, 5.41) is 0.893. The minimum Gasteiger partial charge on any atom is -0.322 e. The van der Waals surface area contributed by atoms with Crippen LogP contribution in [0.5, 0.6) is 0 Å². The molecule has 0 aliphatic rings. The standard InChI is InChI=1S/C12H10N4O/c1-8-6-16(7-14-8)12-9-2-3-11(17)15-10(9)4-5-13-12/h2-7H,1H3,(H,15,17). The number of aromatic amines is 1. The summed E-state index contributed by atoms with van der Waals surface area (Å²) in [6.45, 7) is 1.92. The summed E-state index contributed by atoms with van der Waals surface area (Å²) in [5.74, 6) is 0.763. The van der Waals surface area contributed by atoms with E-state index in [0.29, 0.717) is 0 Å². The van der Waals surface area contributed by atoms with Crippen LogP contribution < -0.4 is 5.56 Å². The lowest BCUT2D eigenvalue weighted by Gasteiger charge is -2.04. The Labute approximate surface area is 96.8 Å². The normalized spacial score (nSPS) is 10.9. The molecule has 0 atom stereocenters. The van der Waals surface area contributed by atoms with Gasteiger partial charge in [0.25, 0.3) is 0 Å². The van der Waals surface area contributed by atoms with Gasteiger partial charge in [-0.3, -0.25) is 9.36 Å². The maximum atomic E-state index is 11.2. The molecule has 0 saturated heterocycles. The van der Waals surface area contributed by atoms with Crippen LogP contribution in [0, 0.1) is 6.92 Å². The van der Waals surface area contributed by atoms with Crippen LogP contribution in [0.3, 0.4) is 0 Å².